The molecule has 0 atom stereocenters. The number of carbonyl (C=O) groups is 1. The highest BCUT2D eigenvalue weighted by atomic mass is 16.5. The summed E-state index contributed by atoms with van der Waals surface area (Å²) in [6.07, 6.45) is 1.95. The van der Waals surface area contributed by atoms with Crippen molar-refractivity contribution >= 4 is 17.3 Å². The number of azo groups is 1. The molecule has 0 saturated carbocycles. The van der Waals surface area contributed by atoms with Crippen LogP contribution in [0.4, 0.5) is 11.4 Å². The van der Waals surface area contributed by atoms with Gasteiger partial charge in [0.05, 0.1) is 30.2 Å². The molecule has 0 saturated heterocycles. The average Bonchev–Trinajstić information content (AvgIpc) is 2.83. The predicted octanol–water partition coefficient (Wildman–Crippen LogP) is 7.53. The average molecular weight is 447 g/mol. The van der Waals surface area contributed by atoms with Crippen LogP contribution in [-0.4, -0.2) is 19.2 Å². The van der Waals surface area contributed by atoms with E-state index in [4.69, 9.17) is 14.2 Å². The van der Waals surface area contributed by atoms with E-state index in [1.165, 1.54) is 0 Å². The molecule has 0 N–H and O–H groups in total. The maximum atomic E-state index is 12.3. The first-order chi connectivity index (χ1) is 16.0. The molecular formula is C27H30N2O4. The molecule has 0 aliphatic carbocycles. The topological polar surface area (TPSA) is 69.5 Å². The molecule has 172 valence electrons. The summed E-state index contributed by atoms with van der Waals surface area (Å²) in [4.78, 5) is 12.3. The van der Waals surface area contributed by atoms with Gasteiger partial charge in [-0.05, 0) is 91.6 Å². The summed E-state index contributed by atoms with van der Waals surface area (Å²) in [6.45, 7) is 7.73. The Labute approximate surface area is 195 Å². The second kappa shape index (κ2) is 12.4. The Kier molecular flexibility index (Phi) is 9.00. The summed E-state index contributed by atoms with van der Waals surface area (Å²) >= 11 is 0. The Morgan fingerprint density at radius 2 is 1.21 bits per heavy atom. The Morgan fingerprint density at radius 3 is 1.73 bits per heavy atom. The second-order valence-corrected chi connectivity index (χ2v) is 7.98. The van der Waals surface area contributed by atoms with E-state index < -0.39 is 5.97 Å². The molecule has 0 spiro atoms. The number of carbonyl (C=O) groups excluding carboxylic acids is 1. The number of ether oxygens (including phenoxy) is 3. The quantitative estimate of drug-likeness (QED) is 0.173. The van der Waals surface area contributed by atoms with Gasteiger partial charge in [0, 0.05) is 0 Å². The Balaban J connectivity index is 1.51. The van der Waals surface area contributed by atoms with Gasteiger partial charge in [0.1, 0.15) is 17.2 Å². The van der Waals surface area contributed by atoms with E-state index in [9.17, 15) is 4.79 Å². The van der Waals surface area contributed by atoms with Gasteiger partial charge in [-0.1, -0.05) is 20.8 Å². The zero-order valence-electron chi connectivity index (χ0n) is 19.4. The van der Waals surface area contributed by atoms with Crippen LogP contribution in [0.1, 0.15) is 44.0 Å². The molecule has 0 aromatic heterocycles. The van der Waals surface area contributed by atoms with Gasteiger partial charge in [-0.15, -0.1) is 0 Å². The Hall–Kier alpha value is -3.67. The molecule has 33 heavy (non-hydrogen) atoms. The third-order valence-corrected chi connectivity index (χ3v) is 4.69. The van der Waals surface area contributed by atoms with Crippen molar-refractivity contribution in [2.75, 3.05) is 13.2 Å². The fourth-order valence-corrected chi connectivity index (χ4v) is 2.79. The summed E-state index contributed by atoms with van der Waals surface area (Å²) in [7, 11) is 0. The van der Waals surface area contributed by atoms with E-state index in [1.807, 2.05) is 31.2 Å². The monoisotopic (exact) mass is 446 g/mol. The molecule has 0 radical (unpaired) electrons. The predicted molar refractivity (Wildman–Crippen MR) is 129 cm³/mol. The highest BCUT2D eigenvalue weighted by molar-refractivity contribution is 5.91. The number of hydrogen-bond donors (Lipinski definition) is 0. The molecule has 0 amide bonds. The van der Waals surface area contributed by atoms with E-state index in [0.717, 1.165) is 30.0 Å². The molecule has 3 aromatic carbocycles. The zero-order chi connectivity index (χ0) is 23.5. The molecule has 3 rings (SSSR count). The SMILES string of the molecule is CCCOc1ccc(C(=O)Oc2ccc(N=Nc3ccc(OCCC(C)C)cc3)cc2)cc1. The number of esters is 1. The van der Waals surface area contributed by atoms with Crippen LogP contribution in [-0.2, 0) is 0 Å². The molecule has 0 bridgehead atoms. The number of hydrogen-bond acceptors (Lipinski definition) is 6. The fraction of sp³-hybridized carbons (Fsp3) is 0.296. The van der Waals surface area contributed by atoms with Crippen LogP contribution in [0.2, 0.25) is 0 Å². The maximum Gasteiger partial charge on any atom is 0.343 e. The van der Waals surface area contributed by atoms with E-state index in [0.29, 0.717) is 36.1 Å². The number of benzene rings is 3. The third kappa shape index (κ3) is 8.07. The minimum atomic E-state index is -0.429. The van der Waals surface area contributed by atoms with Crippen molar-refractivity contribution in [3.05, 3.63) is 78.4 Å². The van der Waals surface area contributed by atoms with Gasteiger partial charge in [0.2, 0.25) is 0 Å². The van der Waals surface area contributed by atoms with Crippen LogP contribution in [0.3, 0.4) is 0 Å². The van der Waals surface area contributed by atoms with Gasteiger partial charge < -0.3 is 14.2 Å². The van der Waals surface area contributed by atoms with Gasteiger partial charge in [0.15, 0.2) is 0 Å². The van der Waals surface area contributed by atoms with Gasteiger partial charge >= 0.3 is 5.97 Å². The van der Waals surface area contributed by atoms with Crippen LogP contribution in [0.5, 0.6) is 17.2 Å². The highest BCUT2D eigenvalue weighted by Gasteiger charge is 2.09. The lowest BCUT2D eigenvalue weighted by molar-refractivity contribution is 0.0734. The van der Waals surface area contributed by atoms with Crippen LogP contribution in [0, 0.1) is 5.92 Å². The summed E-state index contributed by atoms with van der Waals surface area (Å²) in [5.74, 6) is 2.18. The van der Waals surface area contributed by atoms with E-state index in [2.05, 4.69) is 24.1 Å². The van der Waals surface area contributed by atoms with Crippen LogP contribution in [0.15, 0.2) is 83.0 Å². The molecule has 6 heteroatoms. The molecule has 0 fully saturated rings. The summed E-state index contributed by atoms with van der Waals surface area (Å²) in [5, 5.41) is 8.48. The van der Waals surface area contributed by atoms with Crippen LogP contribution >= 0.6 is 0 Å². The lowest BCUT2D eigenvalue weighted by Crippen LogP contribution is -2.08. The molecule has 0 unspecified atom stereocenters. The first-order valence-corrected chi connectivity index (χ1v) is 11.2. The van der Waals surface area contributed by atoms with Crippen LogP contribution < -0.4 is 14.2 Å². The number of nitrogens with zero attached hydrogens (tertiary/aromatic N) is 2. The van der Waals surface area contributed by atoms with E-state index >= 15 is 0 Å². The van der Waals surface area contributed by atoms with Gasteiger partial charge in [0.25, 0.3) is 0 Å². The summed E-state index contributed by atoms with van der Waals surface area (Å²) in [6, 6.07) is 21.3. The van der Waals surface area contributed by atoms with E-state index in [1.54, 1.807) is 48.5 Å². The normalized spacial score (nSPS) is 11.0. The highest BCUT2D eigenvalue weighted by Crippen LogP contribution is 2.24. The first kappa shape index (κ1) is 24.0. The van der Waals surface area contributed by atoms with Crippen LogP contribution in [0.25, 0.3) is 0 Å². The van der Waals surface area contributed by atoms with Gasteiger partial charge in [-0.25, -0.2) is 4.79 Å². The minimum absolute atomic E-state index is 0.429. The largest absolute Gasteiger partial charge is 0.494 e. The molecule has 6 nitrogen and oxygen atoms in total. The first-order valence-electron chi connectivity index (χ1n) is 11.2. The molecular weight excluding hydrogens is 416 g/mol. The maximum absolute atomic E-state index is 12.3. The smallest absolute Gasteiger partial charge is 0.343 e. The number of rotatable bonds is 11. The van der Waals surface area contributed by atoms with Crippen molar-refractivity contribution in [3.8, 4) is 17.2 Å². The zero-order valence-corrected chi connectivity index (χ0v) is 19.4. The molecule has 3 aromatic rings. The molecule has 0 aliphatic heterocycles. The standard InChI is InChI=1S/C27H30N2O4/c1-4-18-31-24-11-5-21(6-12-24)27(30)33-26-15-9-23(10-16-26)29-28-22-7-13-25(14-8-22)32-19-17-20(2)3/h5-16,20H,4,17-19H2,1-3H3. The lowest BCUT2D eigenvalue weighted by Gasteiger charge is -2.07. The lowest BCUT2D eigenvalue weighted by atomic mass is 10.1. The van der Waals surface area contributed by atoms with Crippen molar-refractivity contribution in [1.29, 1.82) is 0 Å². The summed E-state index contributed by atoms with van der Waals surface area (Å²) < 4.78 is 16.7. The van der Waals surface area contributed by atoms with E-state index in [-0.39, 0.29) is 0 Å². The molecule has 0 aliphatic rings. The molecule has 0 heterocycles. The summed E-state index contributed by atoms with van der Waals surface area (Å²) in [5.41, 5.74) is 1.84. The van der Waals surface area contributed by atoms with Crippen molar-refractivity contribution in [2.45, 2.75) is 33.6 Å². The Morgan fingerprint density at radius 1 is 0.727 bits per heavy atom. The Bertz CT molecular complexity index is 1030. The second-order valence-electron chi connectivity index (χ2n) is 7.98. The van der Waals surface area contributed by atoms with Crippen molar-refractivity contribution in [1.82, 2.24) is 0 Å². The van der Waals surface area contributed by atoms with Crippen molar-refractivity contribution < 1.29 is 19.0 Å². The van der Waals surface area contributed by atoms with Gasteiger partial charge in [-0.3, -0.25) is 0 Å². The fourth-order valence-electron chi connectivity index (χ4n) is 2.79. The van der Waals surface area contributed by atoms with Crippen molar-refractivity contribution in [2.24, 2.45) is 16.1 Å². The minimum Gasteiger partial charge on any atom is -0.494 e. The van der Waals surface area contributed by atoms with Gasteiger partial charge in [-0.2, -0.15) is 10.2 Å². The third-order valence-electron chi connectivity index (χ3n) is 4.69. The van der Waals surface area contributed by atoms with Crippen molar-refractivity contribution in [3.63, 3.8) is 0 Å².